The van der Waals surface area contributed by atoms with Crippen molar-refractivity contribution in [2.24, 2.45) is 5.73 Å². The first-order chi connectivity index (χ1) is 13.4. The van der Waals surface area contributed by atoms with Crippen molar-refractivity contribution in [1.82, 2.24) is 5.32 Å². The smallest absolute Gasteiger partial charge is 0.344 e. The number of ketones is 1. The molecule has 148 valence electrons. The van der Waals surface area contributed by atoms with Crippen LogP contribution in [0.25, 0.3) is 0 Å². The molecule has 3 N–H and O–H groups in total. The summed E-state index contributed by atoms with van der Waals surface area (Å²) in [5.74, 6) is -0.581. The molecule has 2 aromatic carbocycles. The van der Waals surface area contributed by atoms with Gasteiger partial charge in [0.1, 0.15) is 5.75 Å². The largest absolute Gasteiger partial charge is 0.482 e. The molecule has 1 atom stereocenters. The quantitative estimate of drug-likeness (QED) is 0.506. The predicted molar refractivity (Wildman–Crippen MR) is 104 cm³/mol. The minimum Gasteiger partial charge on any atom is -0.482 e. The van der Waals surface area contributed by atoms with E-state index in [4.69, 9.17) is 15.2 Å². The maximum Gasteiger partial charge on any atom is 0.344 e. The van der Waals surface area contributed by atoms with Gasteiger partial charge in [-0.3, -0.25) is 9.59 Å². The van der Waals surface area contributed by atoms with Gasteiger partial charge in [-0.15, -0.1) is 0 Å². The summed E-state index contributed by atoms with van der Waals surface area (Å²) in [4.78, 5) is 36.1. The van der Waals surface area contributed by atoms with E-state index in [2.05, 4.69) is 5.32 Å². The number of carbonyl (C=O) groups excluding carboxylic acids is 3. The fourth-order valence-electron chi connectivity index (χ4n) is 2.45. The average Bonchev–Trinajstić information content (AvgIpc) is 2.72. The van der Waals surface area contributed by atoms with Gasteiger partial charge in [0.15, 0.2) is 12.4 Å². The fourth-order valence-corrected chi connectivity index (χ4v) is 2.45. The summed E-state index contributed by atoms with van der Waals surface area (Å²) >= 11 is 0. The van der Waals surface area contributed by atoms with Crippen LogP contribution in [0.4, 0.5) is 0 Å². The summed E-state index contributed by atoms with van der Waals surface area (Å²) in [6.45, 7) is 3.83. The molecule has 0 saturated heterocycles. The van der Waals surface area contributed by atoms with Crippen LogP contribution in [-0.4, -0.2) is 36.9 Å². The zero-order valence-corrected chi connectivity index (χ0v) is 15.9. The van der Waals surface area contributed by atoms with Crippen LogP contribution in [0, 0.1) is 0 Å². The monoisotopic (exact) mass is 384 g/mol. The predicted octanol–water partition coefficient (Wildman–Crippen LogP) is 2.09. The van der Waals surface area contributed by atoms with Gasteiger partial charge < -0.3 is 20.5 Å². The third-order valence-corrected chi connectivity index (χ3v) is 3.99. The number of carbonyl (C=O) groups is 3. The lowest BCUT2D eigenvalue weighted by molar-refractivity contribution is -0.145. The molecule has 7 heteroatoms. The van der Waals surface area contributed by atoms with Crippen molar-refractivity contribution in [2.75, 3.05) is 13.2 Å². The van der Waals surface area contributed by atoms with Crippen LogP contribution in [0.1, 0.15) is 40.1 Å². The Bertz CT molecular complexity index is 816. The molecule has 0 saturated carbocycles. The molecule has 0 aromatic heterocycles. The van der Waals surface area contributed by atoms with Crippen LogP contribution in [0.2, 0.25) is 0 Å². The Kier molecular flexibility index (Phi) is 7.71. The molecule has 7 nitrogen and oxygen atoms in total. The number of hydrogen-bond acceptors (Lipinski definition) is 6. The second kappa shape index (κ2) is 10.2. The Balaban J connectivity index is 1.92. The molecule has 0 fully saturated rings. The average molecular weight is 384 g/mol. The van der Waals surface area contributed by atoms with Crippen molar-refractivity contribution in [3.05, 3.63) is 65.2 Å². The van der Waals surface area contributed by atoms with Gasteiger partial charge in [0.05, 0.1) is 12.6 Å². The first-order valence-electron chi connectivity index (χ1n) is 8.97. The number of amides is 1. The lowest BCUT2D eigenvalue weighted by atomic mass is 10.0. The summed E-state index contributed by atoms with van der Waals surface area (Å²) in [5.41, 5.74) is 7.35. The molecule has 28 heavy (non-hydrogen) atoms. The molecule has 2 rings (SSSR count). The molecule has 2 aromatic rings. The SMILES string of the molecule is CCOC(=O)COc1ccc(C(=O)[C@H](C)NC(=O)c2ccc(CN)cc2)cc1. The van der Waals surface area contributed by atoms with Crippen LogP contribution >= 0.6 is 0 Å². The summed E-state index contributed by atoms with van der Waals surface area (Å²) in [6.07, 6.45) is 0. The van der Waals surface area contributed by atoms with Crippen LogP contribution in [0.3, 0.4) is 0 Å². The van der Waals surface area contributed by atoms with Gasteiger partial charge >= 0.3 is 5.97 Å². The molecule has 0 bridgehead atoms. The van der Waals surface area contributed by atoms with E-state index in [1.165, 1.54) is 0 Å². The van der Waals surface area contributed by atoms with Gasteiger partial charge in [-0.25, -0.2) is 4.79 Å². The summed E-state index contributed by atoms with van der Waals surface area (Å²) in [5, 5.41) is 2.69. The van der Waals surface area contributed by atoms with E-state index >= 15 is 0 Å². The third-order valence-electron chi connectivity index (χ3n) is 3.99. The van der Waals surface area contributed by atoms with Gasteiger partial charge in [-0.05, 0) is 55.8 Å². The van der Waals surface area contributed by atoms with Crippen LogP contribution in [0.15, 0.2) is 48.5 Å². The number of benzene rings is 2. The topological polar surface area (TPSA) is 108 Å². The maximum atomic E-state index is 12.5. The van der Waals surface area contributed by atoms with E-state index in [1.54, 1.807) is 62.4 Å². The normalized spacial score (nSPS) is 11.4. The highest BCUT2D eigenvalue weighted by molar-refractivity contribution is 6.04. The lowest BCUT2D eigenvalue weighted by Crippen LogP contribution is -2.38. The van der Waals surface area contributed by atoms with Gasteiger partial charge in [0, 0.05) is 17.7 Å². The highest BCUT2D eigenvalue weighted by atomic mass is 16.6. The summed E-state index contributed by atoms with van der Waals surface area (Å²) in [7, 11) is 0. The maximum absolute atomic E-state index is 12.5. The third kappa shape index (κ3) is 5.92. The molecule has 1 amide bonds. The second-order valence-electron chi connectivity index (χ2n) is 6.08. The Labute approximate surface area is 163 Å². The highest BCUT2D eigenvalue weighted by Crippen LogP contribution is 2.14. The Morgan fingerprint density at radius 3 is 2.18 bits per heavy atom. The van der Waals surface area contributed by atoms with Crippen LogP contribution in [-0.2, 0) is 16.1 Å². The fraction of sp³-hybridized carbons (Fsp3) is 0.286. The van der Waals surface area contributed by atoms with Crippen molar-refractivity contribution in [3.8, 4) is 5.75 Å². The molecule has 0 heterocycles. The van der Waals surface area contributed by atoms with Crippen LogP contribution < -0.4 is 15.8 Å². The Morgan fingerprint density at radius 2 is 1.61 bits per heavy atom. The van der Waals surface area contributed by atoms with Crippen LogP contribution in [0.5, 0.6) is 5.75 Å². The lowest BCUT2D eigenvalue weighted by Gasteiger charge is -2.14. The van der Waals surface area contributed by atoms with Crippen molar-refractivity contribution in [1.29, 1.82) is 0 Å². The molecule has 0 aliphatic rings. The number of hydrogen-bond donors (Lipinski definition) is 2. The number of ether oxygens (including phenoxy) is 2. The summed E-state index contributed by atoms with van der Waals surface area (Å²) in [6, 6.07) is 12.5. The van der Waals surface area contributed by atoms with Crippen molar-refractivity contribution in [3.63, 3.8) is 0 Å². The molecular formula is C21H24N2O5. The van der Waals surface area contributed by atoms with E-state index in [9.17, 15) is 14.4 Å². The van der Waals surface area contributed by atoms with E-state index < -0.39 is 12.0 Å². The first kappa shape index (κ1) is 21.1. The van der Waals surface area contributed by atoms with Gasteiger partial charge in [-0.1, -0.05) is 12.1 Å². The van der Waals surface area contributed by atoms with Crippen molar-refractivity contribution >= 4 is 17.7 Å². The van der Waals surface area contributed by atoms with Crippen molar-refractivity contribution in [2.45, 2.75) is 26.4 Å². The van der Waals surface area contributed by atoms with Crippen molar-refractivity contribution < 1.29 is 23.9 Å². The zero-order valence-electron chi connectivity index (χ0n) is 15.9. The Morgan fingerprint density at radius 1 is 1.00 bits per heavy atom. The minimum absolute atomic E-state index is 0.198. The van der Waals surface area contributed by atoms with Gasteiger partial charge in [-0.2, -0.15) is 0 Å². The number of nitrogens with two attached hydrogens (primary N) is 1. The number of rotatable bonds is 9. The molecule has 0 spiro atoms. The molecule has 0 unspecified atom stereocenters. The number of nitrogens with one attached hydrogen (secondary N) is 1. The number of Topliss-reactive ketones (excluding diaryl/α,β-unsaturated/α-hetero) is 1. The van der Waals surface area contributed by atoms with Gasteiger partial charge in [0.2, 0.25) is 0 Å². The Hall–Kier alpha value is -3.19. The van der Waals surface area contributed by atoms with E-state index in [0.29, 0.717) is 23.4 Å². The minimum atomic E-state index is -0.701. The second-order valence-corrected chi connectivity index (χ2v) is 6.08. The van der Waals surface area contributed by atoms with E-state index in [0.717, 1.165) is 5.56 Å². The number of esters is 1. The first-order valence-corrected chi connectivity index (χ1v) is 8.97. The molecular weight excluding hydrogens is 360 g/mol. The summed E-state index contributed by atoms with van der Waals surface area (Å²) < 4.78 is 10.1. The molecule has 0 aliphatic carbocycles. The van der Waals surface area contributed by atoms with Gasteiger partial charge in [0.25, 0.3) is 5.91 Å². The highest BCUT2D eigenvalue weighted by Gasteiger charge is 2.18. The molecule has 0 aliphatic heterocycles. The standard InChI is InChI=1S/C21H24N2O5/c1-3-27-19(24)13-28-18-10-8-16(9-11-18)20(25)14(2)23-21(26)17-6-4-15(12-22)5-7-17/h4-11,14H,3,12-13,22H2,1-2H3,(H,23,26)/t14-/m0/s1. The van der Waals surface area contributed by atoms with E-state index in [-0.39, 0.29) is 24.9 Å². The van der Waals surface area contributed by atoms with E-state index in [1.807, 2.05) is 0 Å². The molecule has 0 radical (unpaired) electrons. The zero-order chi connectivity index (χ0) is 20.5.